The molecular formula is C20H28FN3O2. The van der Waals surface area contributed by atoms with Crippen molar-refractivity contribution in [2.45, 2.75) is 38.6 Å². The predicted octanol–water partition coefficient (Wildman–Crippen LogP) is 2.28. The summed E-state index contributed by atoms with van der Waals surface area (Å²) in [6.45, 7) is 5.18. The van der Waals surface area contributed by atoms with Gasteiger partial charge in [-0.15, -0.1) is 0 Å². The van der Waals surface area contributed by atoms with Crippen molar-refractivity contribution < 1.29 is 14.0 Å². The first kappa shape index (κ1) is 18.8. The number of halogens is 1. The van der Waals surface area contributed by atoms with Gasteiger partial charge in [-0.1, -0.05) is 12.8 Å². The third-order valence-corrected chi connectivity index (χ3v) is 5.55. The van der Waals surface area contributed by atoms with Crippen LogP contribution in [-0.4, -0.2) is 60.4 Å². The number of amides is 2. The summed E-state index contributed by atoms with van der Waals surface area (Å²) in [6.07, 6.45) is 4.61. The lowest BCUT2D eigenvalue weighted by Crippen LogP contribution is -2.58. The zero-order valence-electron chi connectivity index (χ0n) is 15.4. The lowest BCUT2D eigenvalue weighted by molar-refractivity contribution is -0.129. The van der Waals surface area contributed by atoms with E-state index in [1.54, 1.807) is 4.90 Å². The summed E-state index contributed by atoms with van der Waals surface area (Å²) in [5.74, 6) is 0.131. The van der Waals surface area contributed by atoms with Gasteiger partial charge in [0, 0.05) is 38.3 Å². The van der Waals surface area contributed by atoms with Gasteiger partial charge in [0.05, 0.1) is 6.04 Å². The molecule has 1 atom stereocenters. The Kier molecular flexibility index (Phi) is 6.25. The second-order valence-electron chi connectivity index (χ2n) is 7.22. The summed E-state index contributed by atoms with van der Waals surface area (Å²) in [5.41, 5.74) is 0.510. The lowest BCUT2D eigenvalue weighted by atomic mass is 9.95. The Balaban J connectivity index is 1.62. The fourth-order valence-corrected chi connectivity index (χ4v) is 4.21. The maximum absolute atomic E-state index is 13.0. The Bertz CT molecular complexity index is 620. The first-order valence-electron chi connectivity index (χ1n) is 9.66. The van der Waals surface area contributed by atoms with E-state index in [0.717, 1.165) is 12.8 Å². The molecule has 1 saturated carbocycles. The average molecular weight is 361 g/mol. The zero-order valence-corrected chi connectivity index (χ0v) is 15.4. The Morgan fingerprint density at radius 3 is 2.31 bits per heavy atom. The molecule has 3 rings (SSSR count). The molecule has 142 valence electrons. The van der Waals surface area contributed by atoms with Crippen LogP contribution in [0.5, 0.6) is 0 Å². The van der Waals surface area contributed by atoms with E-state index in [1.165, 1.54) is 37.1 Å². The van der Waals surface area contributed by atoms with E-state index in [4.69, 9.17) is 0 Å². The number of carbonyl (C=O) groups excluding carboxylic acids is 2. The number of likely N-dealkylation sites (N-methyl/N-ethyl adjacent to an activating group) is 1. The number of hydrogen-bond acceptors (Lipinski definition) is 3. The predicted molar refractivity (Wildman–Crippen MR) is 98.3 cm³/mol. The van der Waals surface area contributed by atoms with Crippen LogP contribution in [0.1, 0.15) is 43.0 Å². The quantitative estimate of drug-likeness (QED) is 0.875. The minimum absolute atomic E-state index is 0.0694. The van der Waals surface area contributed by atoms with Crippen LogP contribution in [0.3, 0.4) is 0 Å². The van der Waals surface area contributed by atoms with Gasteiger partial charge in [-0.25, -0.2) is 4.39 Å². The second kappa shape index (κ2) is 8.62. The van der Waals surface area contributed by atoms with Crippen molar-refractivity contribution in [2.75, 3.05) is 32.7 Å². The van der Waals surface area contributed by atoms with Crippen LogP contribution in [0.25, 0.3) is 0 Å². The molecule has 1 heterocycles. The van der Waals surface area contributed by atoms with Crippen LogP contribution in [-0.2, 0) is 4.79 Å². The molecule has 0 aromatic heterocycles. The summed E-state index contributed by atoms with van der Waals surface area (Å²) in [7, 11) is 0. The van der Waals surface area contributed by atoms with E-state index < -0.39 is 0 Å². The molecule has 1 unspecified atom stereocenters. The molecule has 0 radical (unpaired) electrons. The third-order valence-electron chi connectivity index (χ3n) is 5.55. The summed E-state index contributed by atoms with van der Waals surface area (Å²) in [6, 6.07) is 5.60. The van der Waals surface area contributed by atoms with E-state index in [0.29, 0.717) is 44.2 Å². The molecule has 0 bridgehead atoms. The highest BCUT2D eigenvalue weighted by molar-refractivity contribution is 5.94. The Morgan fingerprint density at radius 2 is 1.73 bits per heavy atom. The molecule has 6 heteroatoms. The van der Waals surface area contributed by atoms with E-state index in [-0.39, 0.29) is 23.7 Å². The molecular weight excluding hydrogens is 333 g/mol. The molecule has 5 nitrogen and oxygen atoms in total. The largest absolute Gasteiger partial charge is 0.355 e. The monoisotopic (exact) mass is 361 g/mol. The van der Waals surface area contributed by atoms with E-state index in [2.05, 4.69) is 10.2 Å². The molecule has 1 N–H and O–H groups in total. The van der Waals surface area contributed by atoms with Crippen molar-refractivity contribution in [1.29, 1.82) is 0 Å². The van der Waals surface area contributed by atoms with Crippen LogP contribution >= 0.6 is 0 Å². The molecule has 26 heavy (non-hydrogen) atoms. The first-order valence-corrected chi connectivity index (χ1v) is 9.66. The third kappa shape index (κ3) is 4.23. The van der Waals surface area contributed by atoms with Crippen LogP contribution < -0.4 is 5.32 Å². The van der Waals surface area contributed by atoms with Gasteiger partial charge >= 0.3 is 0 Å². The molecule has 0 spiro atoms. The van der Waals surface area contributed by atoms with E-state index in [1.807, 2.05) is 6.92 Å². The van der Waals surface area contributed by atoms with Gasteiger partial charge in [-0.3, -0.25) is 14.5 Å². The van der Waals surface area contributed by atoms with Crippen LogP contribution in [0.4, 0.5) is 4.39 Å². The molecule has 2 amide bonds. The van der Waals surface area contributed by atoms with Crippen molar-refractivity contribution in [3.63, 3.8) is 0 Å². The van der Waals surface area contributed by atoms with Crippen molar-refractivity contribution in [3.05, 3.63) is 35.6 Å². The van der Waals surface area contributed by atoms with Gasteiger partial charge < -0.3 is 10.2 Å². The lowest BCUT2D eigenvalue weighted by Gasteiger charge is -2.40. The number of nitrogens with zero attached hydrogens (tertiary/aromatic N) is 2. The summed E-state index contributed by atoms with van der Waals surface area (Å²) in [5, 5.41) is 2.99. The van der Waals surface area contributed by atoms with E-state index >= 15 is 0 Å². The number of piperazine rings is 1. The van der Waals surface area contributed by atoms with Gasteiger partial charge in [0.2, 0.25) is 5.91 Å². The molecule has 1 aromatic rings. The Hall–Kier alpha value is -1.95. The normalized spacial score (nSPS) is 20.2. The first-order chi connectivity index (χ1) is 12.6. The maximum Gasteiger partial charge on any atom is 0.253 e. The van der Waals surface area contributed by atoms with Crippen molar-refractivity contribution >= 4 is 11.8 Å². The van der Waals surface area contributed by atoms with Crippen LogP contribution in [0.15, 0.2) is 24.3 Å². The zero-order chi connectivity index (χ0) is 18.5. The minimum atomic E-state index is -0.340. The fourth-order valence-electron chi connectivity index (χ4n) is 4.21. The molecule has 1 aliphatic carbocycles. The van der Waals surface area contributed by atoms with Gasteiger partial charge in [-0.2, -0.15) is 0 Å². The molecule has 1 aromatic carbocycles. The van der Waals surface area contributed by atoms with E-state index in [9.17, 15) is 14.0 Å². The summed E-state index contributed by atoms with van der Waals surface area (Å²) in [4.78, 5) is 29.3. The van der Waals surface area contributed by atoms with Crippen molar-refractivity contribution in [2.24, 2.45) is 5.92 Å². The van der Waals surface area contributed by atoms with Crippen LogP contribution in [0, 0.1) is 11.7 Å². The van der Waals surface area contributed by atoms with Gasteiger partial charge in [0.15, 0.2) is 0 Å². The highest BCUT2D eigenvalue weighted by Crippen LogP contribution is 2.31. The van der Waals surface area contributed by atoms with Gasteiger partial charge in [0.25, 0.3) is 5.91 Å². The number of hydrogen-bond donors (Lipinski definition) is 1. The highest BCUT2D eigenvalue weighted by atomic mass is 19.1. The Labute approximate surface area is 154 Å². The highest BCUT2D eigenvalue weighted by Gasteiger charge is 2.37. The molecule has 2 aliphatic rings. The molecule has 2 fully saturated rings. The topological polar surface area (TPSA) is 52.7 Å². The second-order valence-corrected chi connectivity index (χ2v) is 7.22. The Morgan fingerprint density at radius 1 is 1.12 bits per heavy atom. The number of carbonyl (C=O) groups is 2. The van der Waals surface area contributed by atoms with Crippen LogP contribution in [0.2, 0.25) is 0 Å². The average Bonchev–Trinajstić information content (AvgIpc) is 3.17. The maximum atomic E-state index is 13.0. The van der Waals surface area contributed by atoms with Crippen molar-refractivity contribution in [1.82, 2.24) is 15.1 Å². The van der Waals surface area contributed by atoms with Gasteiger partial charge in [-0.05, 0) is 49.9 Å². The minimum Gasteiger partial charge on any atom is -0.355 e. The number of benzene rings is 1. The number of rotatable bonds is 5. The standard InChI is InChI=1S/C20H28FN3O2/c1-2-22-19(25)18(15-5-3-4-6-15)23-11-13-24(14-12-23)20(26)16-7-9-17(21)10-8-16/h7-10,15,18H,2-6,11-14H2,1H3,(H,22,25). The molecule has 1 saturated heterocycles. The van der Waals surface area contributed by atoms with Crippen molar-refractivity contribution in [3.8, 4) is 0 Å². The summed E-state index contributed by atoms with van der Waals surface area (Å²) < 4.78 is 13.0. The van der Waals surface area contributed by atoms with Gasteiger partial charge in [0.1, 0.15) is 5.82 Å². The molecule has 1 aliphatic heterocycles. The SMILES string of the molecule is CCNC(=O)C(C1CCCC1)N1CCN(C(=O)c2ccc(F)cc2)CC1. The fraction of sp³-hybridized carbons (Fsp3) is 0.600. The number of nitrogens with one attached hydrogen (secondary N) is 1. The smallest absolute Gasteiger partial charge is 0.253 e. The summed E-state index contributed by atoms with van der Waals surface area (Å²) >= 11 is 0.